The number of rotatable bonds is 8. The molecule has 6 N–H and O–H groups in total. The van der Waals surface area contributed by atoms with Gasteiger partial charge < -0.3 is 53.4 Å². The Hall–Kier alpha value is -3.35. The summed E-state index contributed by atoms with van der Waals surface area (Å²) in [5, 5.41) is 60.5. The molecular formula is C18H18Al2O21. The molecule has 2 heterocycles. The van der Waals surface area contributed by atoms with Gasteiger partial charge in [-0.3, -0.25) is 43.2 Å². The van der Waals surface area contributed by atoms with Gasteiger partial charge in [0.2, 0.25) is 0 Å². The first-order valence-electron chi connectivity index (χ1n) is 10.7. The lowest BCUT2D eigenvalue weighted by Crippen LogP contribution is -2.61. The summed E-state index contributed by atoms with van der Waals surface area (Å²) in [6.45, 7) is 1.53. The molecule has 0 amide bonds. The average Bonchev–Trinajstić information content (AvgIpc) is 3.01. The van der Waals surface area contributed by atoms with Crippen LogP contribution in [0.15, 0.2) is 0 Å². The maximum atomic E-state index is 12.6. The van der Waals surface area contributed by atoms with E-state index in [0.717, 1.165) is 0 Å². The molecule has 2 fully saturated rings. The molecular weight excluding hydrogens is 606 g/mol. The quantitative estimate of drug-likeness (QED) is 0.108. The summed E-state index contributed by atoms with van der Waals surface area (Å²) in [5.74, 6) is -17.3. The van der Waals surface area contributed by atoms with Gasteiger partial charge >= 0.3 is 66.1 Å². The third-order valence-electron chi connectivity index (χ3n) is 5.65. The predicted octanol–water partition coefficient (Wildman–Crippen LogP) is -7.71. The maximum Gasteiger partial charge on any atom is 1.20 e. The molecule has 0 spiro atoms. The van der Waals surface area contributed by atoms with Crippen LogP contribution in [0.5, 0.6) is 0 Å². The summed E-state index contributed by atoms with van der Waals surface area (Å²) in [6.07, 6.45) is -9.06. The van der Waals surface area contributed by atoms with Gasteiger partial charge in [-0.2, -0.15) is 0 Å². The highest BCUT2D eigenvalue weighted by atomic mass is 27.3. The van der Waals surface area contributed by atoms with Gasteiger partial charge in [-0.25, -0.2) is 0 Å². The summed E-state index contributed by atoms with van der Waals surface area (Å²) in [5.41, 5.74) is -11.0. The smallest absolute Gasteiger partial charge is 0.549 e. The van der Waals surface area contributed by atoms with Crippen molar-refractivity contribution >= 4 is 83.5 Å². The third-order valence-corrected chi connectivity index (χ3v) is 8.14. The minimum absolute atomic E-state index is 0.398. The van der Waals surface area contributed by atoms with Crippen LogP contribution in [0, 0.1) is 0 Å². The monoisotopic (exact) mass is 624 g/mol. The van der Waals surface area contributed by atoms with Gasteiger partial charge in [0.1, 0.15) is 0 Å². The van der Waals surface area contributed by atoms with Crippen molar-refractivity contribution in [2.75, 3.05) is 0 Å². The van der Waals surface area contributed by atoms with E-state index in [9.17, 15) is 73.8 Å². The molecule has 41 heavy (non-hydrogen) atoms. The topological polar surface area (TPSA) is 330 Å². The van der Waals surface area contributed by atoms with Crippen LogP contribution in [0.25, 0.3) is 0 Å². The molecule has 23 heteroatoms. The Morgan fingerprint density at radius 3 is 1.49 bits per heavy atom. The number of hydrogen-bond donors (Lipinski definition) is 6. The normalized spacial score (nSPS) is 28.8. The second-order valence-corrected chi connectivity index (χ2v) is 10.8. The predicted molar refractivity (Wildman–Crippen MR) is 113 cm³/mol. The first kappa shape index (κ1) is 33.9. The SMILES string of the molecule is CC(=O)C1(O)C(=O)[O][Al]([O]C(=O)C(O)C(O)(C(C)=O)C(=O)[O][Al]2[O]C(=O)C(O)C(O)(C(C)=O)C(=O)[O]2)[O]C(=O)C1O. The minimum atomic E-state index is -4.63. The van der Waals surface area contributed by atoms with E-state index in [0.29, 0.717) is 20.8 Å². The lowest BCUT2D eigenvalue weighted by molar-refractivity contribution is -0.187. The molecule has 0 aromatic heterocycles. The van der Waals surface area contributed by atoms with Crippen molar-refractivity contribution in [3.63, 3.8) is 0 Å². The Bertz CT molecular complexity index is 1230. The molecule has 2 saturated heterocycles. The van der Waals surface area contributed by atoms with Crippen molar-refractivity contribution < 1.29 is 96.5 Å². The molecule has 0 aliphatic carbocycles. The van der Waals surface area contributed by atoms with Crippen LogP contribution in [0.1, 0.15) is 20.8 Å². The maximum absolute atomic E-state index is 12.6. The highest BCUT2D eigenvalue weighted by Crippen LogP contribution is 2.25. The second kappa shape index (κ2) is 11.9. The van der Waals surface area contributed by atoms with Crippen LogP contribution >= 0.6 is 0 Å². The Morgan fingerprint density at radius 2 is 1.15 bits per heavy atom. The van der Waals surface area contributed by atoms with Crippen LogP contribution in [-0.2, 0) is 65.9 Å². The van der Waals surface area contributed by atoms with Gasteiger partial charge in [-0.05, 0) is 20.8 Å². The molecule has 0 bridgehead atoms. The van der Waals surface area contributed by atoms with Crippen LogP contribution in [0.2, 0.25) is 0 Å². The number of carbonyl (C=O) groups is 9. The Morgan fingerprint density at radius 1 is 0.780 bits per heavy atom. The number of aliphatic hydroxyl groups excluding tert-OH is 3. The van der Waals surface area contributed by atoms with Crippen molar-refractivity contribution in [3.8, 4) is 0 Å². The van der Waals surface area contributed by atoms with E-state index >= 15 is 0 Å². The van der Waals surface area contributed by atoms with Crippen LogP contribution in [0.3, 0.4) is 0 Å². The second-order valence-electron chi connectivity index (χ2n) is 8.28. The van der Waals surface area contributed by atoms with Crippen molar-refractivity contribution in [1.29, 1.82) is 0 Å². The van der Waals surface area contributed by atoms with Crippen molar-refractivity contribution in [3.05, 3.63) is 0 Å². The van der Waals surface area contributed by atoms with Gasteiger partial charge in [0.15, 0.2) is 35.7 Å². The molecule has 2 aliphatic rings. The molecule has 21 nitrogen and oxygen atoms in total. The van der Waals surface area contributed by atoms with Gasteiger partial charge in [-0.1, -0.05) is 0 Å². The van der Waals surface area contributed by atoms with Crippen molar-refractivity contribution in [2.24, 2.45) is 0 Å². The number of Topliss-reactive ketones (excluding diaryl/α,β-unsaturated/α-hetero) is 3. The van der Waals surface area contributed by atoms with E-state index in [2.05, 4.69) is 22.7 Å². The molecule has 0 saturated carbocycles. The third kappa shape index (κ3) is 5.86. The molecule has 0 aromatic rings. The van der Waals surface area contributed by atoms with E-state index in [4.69, 9.17) is 0 Å². The Kier molecular flexibility index (Phi) is 9.80. The fourth-order valence-electron chi connectivity index (χ4n) is 3.01. The first-order chi connectivity index (χ1) is 18.7. The molecule has 222 valence electrons. The van der Waals surface area contributed by atoms with Crippen LogP contribution in [-0.4, -0.2) is 149 Å². The number of hydrogen-bond acceptors (Lipinski definition) is 21. The zero-order chi connectivity index (χ0) is 31.8. The molecule has 0 radical (unpaired) electrons. The van der Waals surface area contributed by atoms with Gasteiger partial charge in [0.05, 0.1) is 0 Å². The van der Waals surface area contributed by atoms with Crippen molar-refractivity contribution in [1.82, 2.24) is 0 Å². The van der Waals surface area contributed by atoms with E-state index in [1.54, 1.807) is 0 Å². The highest BCUT2D eigenvalue weighted by Gasteiger charge is 2.67. The Balaban J connectivity index is 2.28. The number of aliphatic hydroxyl groups is 6. The van der Waals surface area contributed by atoms with Crippen molar-refractivity contribution in [2.45, 2.75) is 55.9 Å². The zero-order valence-corrected chi connectivity index (χ0v) is 23.0. The fraction of sp³-hybridized carbons (Fsp3) is 0.500. The van der Waals surface area contributed by atoms with Gasteiger partial charge in [0, 0.05) is 0 Å². The molecule has 2 aliphatic heterocycles. The summed E-state index contributed by atoms with van der Waals surface area (Å²) < 4.78 is 26.4. The van der Waals surface area contributed by atoms with E-state index in [1.165, 1.54) is 0 Å². The summed E-state index contributed by atoms with van der Waals surface area (Å²) >= 11 is -9.19. The van der Waals surface area contributed by atoms with E-state index < -0.39 is 119 Å². The molecule has 2 rings (SSSR count). The lowest BCUT2D eigenvalue weighted by Gasteiger charge is -2.28. The Labute approximate surface area is 235 Å². The minimum Gasteiger partial charge on any atom is -0.549 e. The lowest BCUT2D eigenvalue weighted by atomic mass is 9.92. The number of ketones is 3. The average molecular weight is 624 g/mol. The van der Waals surface area contributed by atoms with E-state index in [1.807, 2.05) is 0 Å². The first-order valence-corrected chi connectivity index (χ1v) is 13.5. The largest absolute Gasteiger partial charge is 1.20 e. The molecule has 6 unspecified atom stereocenters. The number of carbonyl (C=O) groups excluding carboxylic acids is 9. The molecule has 6 atom stereocenters. The summed E-state index contributed by atoms with van der Waals surface area (Å²) in [6, 6.07) is 0. The van der Waals surface area contributed by atoms with Crippen LogP contribution < -0.4 is 0 Å². The standard InChI is InChI=1S/3C6H8O7.2Al/c3*1-2(7)6(13,5(11)12)3(8)4(9)10;;/h3*3,8,13H,1H3,(H,9,10)(H,11,12);;/q;;;2*+3/p-6. The highest BCUT2D eigenvalue weighted by molar-refractivity contribution is 6.47. The summed E-state index contributed by atoms with van der Waals surface area (Å²) in [7, 11) is 0. The zero-order valence-electron chi connectivity index (χ0n) is 20.7. The molecule has 0 aromatic carbocycles. The summed E-state index contributed by atoms with van der Waals surface area (Å²) in [4.78, 5) is 108. The van der Waals surface area contributed by atoms with Gasteiger partial charge in [0.25, 0.3) is 16.8 Å². The van der Waals surface area contributed by atoms with E-state index in [-0.39, 0.29) is 0 Å². The fourth-order valence-corrected chi connectivity index (χ4v) is 5.32. The van der Waals surface area contributed by atoms with Crippen LogP contribution in [0.4, 0.5) is 0 Å². The van der Waals surface area contributed by atoms with Gasteiger partial charge in [-0.15, -0.1) is 0 Å².